The normalized spacial score (nSPS) is 21.9. The van der Waals surface area contributed by atoms with Crippen molar-refractivity contribution in [2.24, 2.45) is 29.4 Å². The van der Waals surface area contributed by atoms with E-state index in [0.29, 0.717) is 5.92 Å². The summed E-state index contributed by atoms with van der Waals surface area (Å²) in [7, 11) is 0. The highest BCUT2D eigenvalue weighted by Crippen LogP contribution is 2.48. The van der Waals surface area contributed by atoms with Gasteiger partial charge in [-0.1, -0.05) is 12.2 Å². The molecular formula is C12H20N2OS. The van der Waals surface area contributed by atoms with Crippen molar-refractivity contribution in [3.05, 3.63) is 0 Å². The molecule has 2 aliphatic carbocycles. The quantitative estimate of drug-likeness (QED) is 0.691. The van der Waals surface area contributed by atoms with Gasteiger partial charge in [-0.15, -0.1) is 0 Å². The van der Waals surface area contributed by atoms with Crippen molar-refractivity contribution in [2.45, 2.75) is 32.6 Å². The lowest BCUT2D eigenvalue weighted by Crippen LogP contribution is -2.39. The first-order valence-electron chi connectivity index (χ1n) is 6.16. The second-order valence-electron chi connectivity index (χ2n) is 5.21. The highest BCUT2D eigenvalue weighted by molar-refractivity contribution is 7.80. The van der Waals surface area contributed by atoms with Crippen LogP contribution in [0, 0.1) is 23.7 Å². The molecule has 0 spiro atoms. The van der Waals surface area contributed by atoms with Gasteiger partial charge < -0.3 is 11.1 Å². The Morgan fingerprint density at radius 3 is 2.25 bits per heavy atom. The van der Waals surface area contributed by atoms with Gasteiger partial charge in [-0.2, -0.15) is 0 Å². The number of nitrogens with one attached hydrogen (secondary N) is 1. The van der Waals surface area contributed by atoms with E-state index in [9.17, 15) is 4.79 Å². The molecular weight excluding hydrogens is 220 g/mol. The molecule has 1 amide bonds. The summed E-state index contributed by atoms with van der Waals surface area (Å²) < 4.78 is 0. The van der Waals surface area contributed by atoms with Crippen molar-refractivity contribution < 1.29 is 4.79 Å². The molecule has 0 aromatic carbocycles. The molecule has 2 saturated carbocycles. The van der Waals surface area contributed by atoms with E-state index < -0.39 is 0 Å². The molecule has 0 saturated heterocycles. The highest BCUT2D eigenvalue weighted by Gasteiger charge is 2.41. The first-order chi connectivity index (χ1) is 7.59. The van der Waals surface area contributed by atoms with Gasteiger partial charge in [0.15, 0.2) is 0 Å². The number of amides is 1. The van der Waals surface area contributed by atoms with Gasteiger partial charge in [-0.25, -0.2) is 0 Å². The summed E-state index contributed by atoms with van der Waals surface area (Å²) in [5.41, 5.74) is 5.46. The first kappa shape index (κ1) is 11.8. The average molecular weight is 240 g/mol. The SMILES string of the molecule is CC(C(=O)NCC(C1CC1)C1CC1)C(N)=S. The maximum atomic E-state index is 11.7. The van der Waals surface area contributed by atoms with Crippen molar-refractivity contribution in [3.63, 3.8) is 0 Å². The lowest BCUT2D eigenvalue weighted by molar-refractivity contribution is -0.122. The van der Waals surface area contributed by atoms with Crippen molar-refractivity contribution in [2.75, 3.05) is 6.54 Å². The van der Waals surface area contributed by atoms with Gasteiger partial charge in [-0.3, -0.25) is 4.79 Å². The Morgan fingerprint density at radius 1 is 1.38 bits per heavy atom. The summed E-state index contributed by atoms with van der Waals surface area (Å²) in [5, 5.41) is 3.00. The molecule has 2 aliphatic rings. The highest BCUT2D eigenvalue weighted by atomic mass is 32.1. The minimum atomic E-state index is -0.339. The fourth-order valence-corrected chi connectivity index (χ4v) is 2.37. The fourth-order valence-electron chi connectivity index (χ4n) is 2.27. The average Bonchev–Trinajstić information content (AvgIpc) is 3.09. The third-order valence-electron chi connectivity index (χ3n) is 3.79. The number of hydrogen-bond donors (Lipinski definition) is 2. The topological polar surface area (TPSA) is 55.1 Å². The molecule has 3 nitrogen and oxygen atoms in total. The first-order valence-corrected chi connectivity index (χ1v) is 6.57. The van der Waals surface area contributed by atoms with Crippen LogP contribution in [0.2, 0.25) is 0 Å². The molecule has 0 aromatic heterocycles. The van der Waals surface area contributed by atoms with Crippen LogP contribution in [0.15, 0.2) is 0 Å². The maximum Gasteiger partial charge on any atom is 0.229 e. The monoisotopic (exact) mass is 240 g/mol. The summed E-state index contributed by atoms with van der Waals surface area (Å²) in [6.45, 7) is 2.59. The van der Waals surface area contributed by atoms with Crippen LogP contribution in [-0.4, -0.2) is 17.4 Å². The molecule has 1 unspecified atom stereocenters. The van der Waals surface area contributed by atoms with Gasteiger partial charge in [0.1, 0.15) is 0 Å². The predicted molar refractivity (Wildman–Crippen MR) is 67.9 cm³/mol. The number of thiocarbonyl (C=S) groups is 1. The Bertz CT molecular complexity index is 285. The van der Waals surface area contributed by atoms with Crippen LogP contribution in [0.3, 0.4) is 0 Å². The molecule has 16 heavy (non-hydrogen) atoms. The van der Waals surface area contributed by atoms with Gasteiger partial charge in [0.05, 0.1) is 10.9 Å². The lowest BCUT2D eigenvalue weighted by atomic mass is 9.97. The summed E-state index contributed by atoms with van der Waals surface area (Å²) in [5.74, 6) is 2.09. The summed E-state index contributed by atoms with van der Waals surface area (Å²) in [4.78, 5) is 12.0. The van der Waals surface area contributed by atoms with Crippen molar-refractivity contribution in [3.8, 4) is 0 Å². The van der Waals surface area contributed by atoms with Crippen molar-refractivity contribution in [1.82, 2.24) is 5.32 Å². The van der Waals surface area contributed by atoms with E-state index in [1.54, 1.807) is 6.92 Å². The van der Waals surface area contributed by atoms with Crippen LogP contribution < -0.4 is 11.1 Å². The molecule has 4 heteroatoms. The second-order valence-corrected chi connectivity index (χ2v) is 5.68. The fraction of sp³-hybridized carbons (Fsp3) is 0.833. The molecule has 0 aliphatic heterocycles. The minimum Gasteiger partial charge on any atom is -0.393 e. The van der Waals surface area contributed by atoms with Crippen LogP contribution in [0.4, 0.5) is 0 Å². The Hall–Kier alpha value is -0.640. The summed E-state index contributed by atoms with van der Waals surface area (Å²) >= 11 is 4.82. The van der Waals surface area contributed by atoms with Gasteiger partial charge in [0, 0.05) is 6.54 Å². The molecule has 90 valence electrons. The zero-order chi connectivity index (χ0) is 11.7. The summed E-state index contributed by atoms with van der Waals surface area (Å²) in [6, 6.07) is 0. The van der Waals surface area contributed by atoms with E-state index >= 15 is 0 Å². The summed E-state index contributed by atoms with van der Waals surface area (Å²) in [6.07, 6.45) is 5.40. The smallest absolute Gasteiger partial charge is 0.229 e. The van der Waals surface area contributed by atoms with E-state index in [0.717, 1.165) is 18.4 Å². The van der Waals surface area contributed by atoms with Gasteiger partial charge in [0.2, 0.25) is 5.91 Å². The predicted octanol–water partition coefficient (Wildman–Crippen LogP) is 1.46. The molecule has 0 bridgehead atoms. The zero-order valence-electron chi connectivity index (χ0n) is 9.74. The number of nitrogens with two attached hydrogens (primary N) is 1. The lowest BCUT2D eigenvalue weighted by Gasteiger charge is -2.18. The van der Waals surface area contributed by atoms with Crippen LogP contribution in [0.5, 0.6) is 0 Å². The number of hydrogen-bond acceptors (Lipinski definition) is 2. The molecule has 0 radical (unpaired) electrons. The third-order valence-corrected chi connectivity index (χ3v) is 4.14. The number of carbonyl (C=O) groups is 1. The molecule has 2 fully saturated rings. The van der Waals surface area contributed by atoms with E-state index in [4.69, 9.17) is 18.0 Å². The molecule has 0 aromatic rings. The maximum absolute atomic E-state index is 11.7. The van der Waals surface area contributed by atoms with Crippen molar-refractivity contribution in [1.29, 1.82) is 0 Å². The van der Waals surface area contributed by atoms with Gasteiger partial charge >= 0.3 is 0 Å². The Labute approximate surface area is 102 Å². The minimum absolute atomic E-state index is 0.0150. The number of rotatable bonds is 6. The van der Waals surface area contributed by atoms with E-state index in [1.165, 1.54) is 25.7 Å². The Balaban J connectivity index is 1.76. The zero-order valence-corrected chi connectivity index (χ0v) is 10.6. The van der Waals surface area contributed by atoms with Crippen LogP contribution >= 0.6 is 12.2 Å². The van der Waals surface area contributed by atoms with Crippen molar-refractivity contribution >= 4 is 23.1 Å². The van der Waals surface area contributed by atoms with E-state index in [-0.39, 0.29) is 16.8 Å². The van der Waals surface area contributed by atoms with Crippen LogP contribution in [-0.2, 0) is 4.79 Å². The van der Waals surface area contributed by atoms with E-state index in [2.05, 4.69) is 5.32 Å². The molecule has 2 rings (SSSR count). The van der Waals surface area contributed by atoms with Gasteiger partial charge in [0.25, 0.3) is 0 Å². The van der Waals surface area contributed by atoms with Gasteiger partial charge in [-0.05, 0) is 50.4 Å². The van der Waals surface area contributed by atoms with Crippen LogP contribution in [0.1, 0.15) is 32.6 Å². The standard InChI is InChI=1S/C12H20N2OS/c1-7(11(13)16)12(15)14-6-10(8-2-3-8)9-4-5-9/h7-10H,2-6H2,1H3,(H2,13,16)(H,14,15). The van der Waals surface area contributed by atoms with E-state index in [1.807, 2.05) is 0 Å². The Morgan fingerprint density at radius 2 is 1.88 bits per heavy atom. The molecule has 1 atom stereocenters. The second kappa shape index (κ2) is 4.70. The number of carbonyl (C=O) groups excluding carboxylic acids is 1. The largest absolute Gasteiger partial charge is 0.393 e. The van der Waals surface area contributed by atoms with Crippen LogP contribution in [0.25, 0.3) is 0 Å². The molecule has 0 heterocycles. The third kappa shape index (κ3) is 2.94. The Kier molecular flexibility index (Phi) is 3.47. The molecule has 3 N–H and O–H groups in total.